The first-order valence-electron chi connectivity index (χ1n) is 1.97. The van der Waals surface area contributed by atoms with E-state index in [0.29, 0.717) is 5.75 Å². The molecule has 0 aromatic heterocycles. The first kappa shape index (κ1) is 6.10. The molecule has 3 nitrogen and oxygen atoms in total. The lowest BCUT2D eigenvalue weighted by Crippen LogP contribution is -1.87. The first-order valence-corrected chi connectivity index (χ1v) is 4.13. The predicted molar refractivity (Wildman–Crippen MR) is 34.5 cm³/mol. The molecular formula is C3H4NO2S2. The van der Waals surface area contributed by atoms with E-state index in [-0.39, 0.29) is 4.38 Å². The molecule has 1 rings (SSSR count). The van der Waals surface area contributed by atoms with E-state index in [0.717, 1.165) is 0 Å². The topological polar surface area (TPSA) is 46.5 Å². The number of hydrogen-bond donors (Lipinski definition) is 1. The van der Waals surface area contributed by atoms with Crippen LogP contribution in [0.1, 0.15) is 0 Å². The van der Waals surface area contributed by atoms with E-state index in [4.69, 9.17) is 0 Å². The number of thioether (sulfide) groups is 1. The third kappa shape index (κ3) is 1.23. The Balaban J connectivity index is 2.72. The lowest BCUT2D eigenvalue weighted by Gasteiger charge is -1.78. The summed E-state index contributed by atoms with van der Waals surface area (Å²) >= 11 is 1.25. The van der Waals surface area contributed by atoms with Gasteiger partial charge in [-0.1, -0.05) is 11.8 Å². The molecule has 0 spiro atoms. The lowest BCUT2D eigenvalue weighted by molar-refractivity contribution is 0.624. The zero-order valence-electron chi connectivity index (χ0n) is 3.90. The number of hydrogen-bond acceptors (Lipinski definition) is 4. The van der Waals surface area contributed by atoms with Crippen molar-refractivity contribution in [3.63, 3.8) is 0 Å². The van der Waals surface area contributed by atoms with Crippen molar-refractivity contribution in [3.8, 4) is 0 Å². The zero-order chi connectivity index (χ0) is 5.98. The van der Waals surface area contributed by atoms with Gasteiger partial charge in [0.15, 0.2) is 15.1 Å². The maximum Gasteiger partial charge on any atom is 0.191 e. The molecule has 5 heteroatoms. The van der Waals surface area contributed by atoms with E-state index < -0.39 is 10.7 Å². The van der Waals surface area contributed by atoms with Gasteiger partial charge in [0, 0.05) is 5.75 Å². The lowest BCUT2D eigenvalue weighted by atomic mass is 10.8. The van der Waals surface area contributed by atoms with Gasteiger partial charge in [-0.25, -0.2) is 8.42 Å². The molecule has 1 heterocycles. The van der Waals surface area contributed by atoms with E-state index >= 15 is 0 Å². The van der Waals surface area contributed by atoms with Crippen molar-refractivity contribution < 1.29 is 8.42 Å². The third-order valence-corrected chi connectivity index (χ3v) is 2.59. The van der Waals surface area contributed by atoms with E-state index in [2.05, 4.69) is 4.99 Å². The van der Waals surface area contributed by atoms with Crippen molar-refractivity contribution in [3.05, 3.63) is 6.54 Å². The summed E-state index contributed by atoms with van der Waals surface area (Å²) in [5, 5.41) is 0. The van der Waals surface area contributed by atoms with Crippen LogP contribution in [0, 0.1) is 6.54 Å². The zero-order valence-corrected chi connectivity index (χ0v) is 5.61. The van der Waals surface area contributed by atoms with Gasteiger partial charge in [0.2, 0.25) is 0 Å². The number of aliphatic imine (C=N–C) groups is 1. The van der Waals surface area contributed by atoms with Gasteiger partial charge >= 0.3 is 0 Å². The van der Waals surface area contributed by atoms with Crippen LogP contribution in [0.4, 0.5) is 0 Å². The molecular weight excluding hydrogens is 146 g/mol. The maximum absolute atomic E-state index is 10.1. The molecule has 0 N–H and O–H groups in total. The fraction of sp³-hybridized carbons (Fsp3) is 0.333. The largest absolute Gasteiger partial charge is 0.261 e. The fourth-order valence-corrected chi connectivity index (χ4v) is 1.63. The summed E-state index contributed by atoms with van der Waals surface area (Å²) in [6.45, 7) is 1.59. The monoisotopic (exact) mass is 150 g/mol. The molecule has 0 atom stereocenters. The molecule has 0 saturated carbocycles. The molecule has 0 aliphatic carbocycles. The minimum atomic E-state index is -2.42. The Morgan fingerprint density at radius 2 is 2.50 bits per heavy atom. The Hall–Kier alpha value is -0.0300. The maximum atomic E-state index is 10.1. The van der Waals surface area contributed by atoms with Crippen molar-refractivity contribution in [1.82, 2.24) is 0 Å². The first-order chi connectivity index (χ1) is 3.80. The minimum Gasteiger partial charge on any atom is -0.261 e. The Morgan fingerprint density at radius 1 is 1.75 bits per heavy atom. The molecule has 8 heavy (non-hydrogen) atoms. The summed E-state index contributed by atoms with van der Waals surface area (Å²) in [6.07, 6.45) is 0. The van der Waals surface area contributed by atoms with Gasteiger partial charge in [-0.3, -0.25) is 4.99 Å². The van der Waals surface area contributed by atoms with Gasteiger partial charge in [-0.15, -0.1) is 0 Å². The number of thiol groups is 1. The minimum absolute atomic E-state index is 0.236. The van der Waals surface area contributed by atoms with Crippen molar-refractivity contribution >= 4 is 26.8 Å². The standard InChI is InChI=1S/C3H4NO2S2/c5-8(6)3-4-1-2-7-3/h1,8H,2H2. The molecule has 1 radical (unpaired) electrons. The van der Waals surface area contributed by atoms with Crippen LogP contribution in [0.25, 0.3) is 0 Å². The Morgan fingerprint density at radius 3 is 2.75 bits per heavy atom. The van der Waals surface area contributed by atoms with Crippen molar-refractivity contribution in [1.29, 1.82) is 0 Å². The summed E-state index contributed by atoms with van der Waals surface area (Å²) in [4.78, 5) is 3.59. The molecule has 0 aromatic carbocycles. The third-order valence-electron chi connectivity index (χ3n) is 0.645. The molecule has 0 saturated heterocycles. The number of nitrogens with zero attached hydrogens (tertiary/aromatic N) is 1. The van der Waals surface area contributed by atoms with Gasteiger partial charge in [0.1, 0.15) is 0 Å². The van der Waals surface area contributed by atoms with E-state index in [1.807, 2.05) is 0 Å². The van der Waals surface area contributed by atoms with Crippen LogP contribution in [0.5, 0.6) is 0 Å². The molecule has 0 fully saturated rings. The van der Waals surface area contributed by atoms with Gasteiger partial charge in [-0.05, 0) is 0 Å². The fourth-order valence-electron chi connectivity index (χ4n) is 0.364. The van der Waals surface area contributed by atoms with Crippen LogP contribution in [-0.4, -0.2) is 18.5 Å². The second kappa shape index (κ2) is 2.50. The highest BCUT2D eigenvalue weighted by Crippen LogP contribution is 2.14. The predicted octanol–water partition coefficient (Wildman–Crippen LogP) is -0.138. The van der Waals surface area contributed by atoms with Gasteiger partial charge in [-0.2, -0.15) is 0 Å². The van der Waals surface area contributed by atoms with Crippen LogP contribution < -0.4 is 0 Å². The quantitative estimate of drug-likeness (QED) is 0.489. The van der Waals surface area contributed by atoms with Crippen LogP contribution >= 0.6 is 11.8 Å². The van der Waals surface area contributed by atoms with E-state index in [9.17, 15) is 8.42 Å². The smallest absolute Gasteiger partial charge is 0.191 e. The van der Waals surface area contributed by atoms with E-state index in [1.54, 1.807) is 6.54 Å². The normalized spacial score (nSPS) is 19.4. The van der Waals surface area contributed by atoms with Crippen molar-refractivity contribution in [2.75, 3.05) is 5.75 Å². The average Bonchev–Trinajstić information content (AvgIpc) is 2.12. The molecule has 0 bridgehead atoms. The summed E-state index contributed by atoms with van der Waals surface area (Å²) in [7, 11) is -2.42. The Bertz CT molecular complexity index is 176. The van der Waals surface area contributed by atoms with Gasteiger partial charge in [0.25, 0.3) is 0 Å². The van der Waals surface area contributed by atoms with E-state index in [1.165, 1.54) is 11.8 Å². The van der Waals surface area contributed by atoms with Crippen LogP contribution in [0.15, 0.2) is 4.99 Å². The molecule has 0 amide bonds. The summed E-state index contributed by atoms with van der Waals surface area (Å²) < 4.78 is 20.4. The molecule has 0 aromatic rings. The van der Waals surface area contributed by atoms with Gasteiger partial charge in [0.05, 0.1) is 6.54 Å². The molecule has 45 valence electrons. The second-order valence-corrected chi connectivity index (χ2v) is 3.41. The molecule has 1 aliphatic heterocycles. The van der Waals surface area contributed by atoms with Crippen LogP contribution in [0.2, 0.25) is 0 Å². The van der Waals surface area contributed by atoms with Crippen molar-refractivity contribution in [2.45, 2.75) is 0 Å². The van der Waals surface area contributed by atoms with Crippen LogP contribution in [0.3, 0.4) is 0 Å². The van der Waals surface area contributed by atoms with Crippen molar-refractivity contribution in [2.24, 2.45) is 4.99 Å². The number of rotatable bonds is 0. The average molecular weight is 150 g/mol. The molecule has 0 unspecified atom stereocenters. The Kier molecular flexibility index (Phi) is 1.90. The van der Waals surface area contributed by atoms with Gasteiger partial charge < -0.3 is 0 Å². The summed E-state index contributed by atoms with van der Waals surface area (Å²) in [5.41, 5.74) is 0. The molecule has 1 aliphatic rings. The summed E-state index contributed by atoms with van der Waals surface area (Å²) in [6, 6.07) is 0. The summed E-state index contributed by atoms with van der Waals surface area (Å²) in [5.74, 6) is 0.693. The highest BCUT2D eigenvalue weighted by atomic mass is 32.2. The Labute approximate surface area is 53.1 Å². The van der Waals surface area contributed by atoms with Crippen LogP contribution in [-0.2, 0) is 10.7 Å². The SMILES string of the molecule is O=[SH](=O)C1=N[CH]CS1. The highest BCUT2D eigenvalue weighted by molar-refractivity contribution is 8.30. The highest BCUT2D eigenvalue weighted by Gasteiger charge is 2.07. The second-order valence-electron chi connectivity index (χ2n) is 1.16.